The van der Waals surface area contributed by atoms with Crippen LogP contribution in [-0.4, -0.2) is 17.3 Å². The number of aliphatic hydroxyl groups is 1. The molecular formula is C13H19NO2. The minimum absolute atomic E-state index is 0.0395. The second-order valence-corrected chi connectivity index (χ2v) is 5.02. The lowest BCUT2D eigenvalue weighted by molar-refractivity contribution is 0.0845. The third kappa shape index (κ3) is 2.20. The van der Waals surface area contributed by atoms with Crippen molar-refractivity contribution in [2.24, 2.45) is 5.73 Å². The van der Waals surface area contributed by atoms with Crippen LogP contribution >= 0.6 is 0 Å². The van der Waals surface area contributed by atoms with Gasteiger partial charge in [-0.05, 0) is 43.9 Å². The van der Waals surface area contributed by atoms with Crippen molar-refractivity contribution < 1.29 is 9.84 Å². The molecule has 3 nitrogen and oxygen atoms in total. The van der Waals surface area contributed by atoms with Gasteiger partial charge in [0.1, 0.15) is 11.4 Å². The maximum atomic E-state index is 9.03. The van der Waals surface area contributed by atoms with E-state index in [-0.39, 0.29) is 18.2 Å². The lowest BCUT2D eigenvalue weighted by Crippen LogP contribution is -2.32. The molecule has 0 aromatic heterocycles. The Hall–Kier alpha value is -1.06. The van der Waals surface area contributed by atoms with Crippen molar-refractivity contribution in [3.63, 3.8) is 0 Å². The molecule has 1 atom stereocenters. The zero-order valence-corrected chi connectivity index (χ0v) is 9.86. The molecule has 3 N–H and O–H groups in total. The molecule has 1 heterocycles. The van der Waals surface area contributed by atoms with Crippen molar-refractivity contribution in [3.05, 3.63) is 29.3 Å². The van der Waals surface area contributed by atoms with Crippen molar-refractivity contribution in [3.8, 4) is 5.75 Å². The molecule has 1 unspecified atom stereocenters. The van der Waals surface area contributed by atoms with Crippen molar-refractivity contribution in [1.29, 1.82) is 0 Å². The topological polar surface area (TPSA) is 55.5 Å². The molecule has 2 rings (SSSR count). The van der Waals surface area contributed by atoms with Crippen LogP contribution in [0.5, 0.6) is 5.75 Å². The Balaban J connectivity index is 2.31. The van der Waals surface area contributed by atoms with Gasteiger partial charge in [-0.25, -0.2) is 0 Å². The summed E-state index contributed by atoms with van der Waals surface area (Å²) >= 11 is 0. The fourth-order valence-electron chi connectivity index (χ4n) is 1.99. The summed E-state index contributed by atoms with van der Waals surface area (Å²) in [5.41, 5.74) is 7.85. The van der Waals surface area contributed by atoms with E-state index in [1.54, 1.807) is 0 Å². The number of rotatable bonds is 2. The van der Waals surface area contributed by atoms with Crippen molar-refractivity contribution in [2.75, 3.05) is 6.61 Å². The van der Waals surface area contributed by atoms with Crippen LogP contribution in [0, 0.1) is 0 Å². The lowest BCUT2D eigenvalue weighted by atomic mass is 9.93. The average molecular weight is 221 g/mol. The first-order valence-corrected chi connectivity index (χ1v) is 5.70. The van der Waals surface area contributed by atoms with E-state index in [0.29, 0.717) is 0 Å². The minimum atomic E-state index is -0.320. The van der Waals surface area contributed by atoms with Gasteiger partial charge >= 0.3 is 0 Å². The summed E-state index contributed by atoms with van der Waals surface area (Å²) in [5.74, 6) is 0.914. The number of benzene rings is 1. The van der Waals surface area contributed by atoms with Crippen molar-refractivity contribution in [1.82, 2.24) is 0 Å². The Labute approximate surface area is 96.2 Å². The molecule has 1 aromatic rings. The lowest BCUT2D eigenvalue weighted by Gasteiger charge is -2.33. The second-order valence-electron chi connectivity index (χ2n) is 5.02. The Morgan fingerprint density at radius 3 is 2.94 bits per heavy atom. The number of hydrogen-bond donors (Lipinski definition) is 2. The minimum Gasteiger partial charge on any atom is -0.488 e. The molecule has 0 aliphatic carbocycles. The van der Waals surface area contributed by atoms with Crippen LogP contribution in [0.2, 0.25) is 0 Å². The molecule has 1 aliphatic heterocycles. The number of nitrogens with two attached hydrogens (primary N) is 1. The SMILES string of the molecule is CC1(C)CCc2ccc(C(N)CO)cc2O1. The fourth-order valence-corrected chi connectivity index (χ4v) is 1.99. The third-order valence-corrected chi connectivity index (χ3v) is 3.10. The molecule has 0 fully saturated rings. The molecule has 0 radical (unpaired) electrons. The summed E-state index contributed by atoms with van der Waals surface area (Å²) in [7, 11) is 0. The molecule has 1 aromatic carbocycles. The quantitative estimate of drug-likeness (QED) is 0.800. The van der Waals surface area contributed by atoms with Gasteiger partial charge in [-0.3, -0.25) is 0 Å². The molecule has 3 heteroatoms. The first-order chi connectivity index (χ1) is 7.52. The molecule has 16 heavy (non-hydrogen) atoms. The zero-order chi connectivity index (χ0) is 11.8. The van der Waals surface area contributed by atoms with Crippen LogP contribution in [0.3, 0.4) is 0 Å². The molecule has 0 saturated heterocycles. The summed E-state index contributed by atoms with van der Waals surface area (Å²) < 4.78 is 5.92. The van der Waals surface area contributed by atoms with Crippen LogP contribution in [-0.2, 0) is 6.42 Å². The summed E-state index contributed by atoms with van der Waals surface area (Å²) in [6.07, 6.45) is 2.07. The Morgan fingerprint density at radius 1 is 1.50 bits per heavy atom. The van der Waals surface area contributed by atoms with Gasteiger partial charge in [-0.15, -0.1) is 0 Å². The average Bonchev–Trinajstić information content (AvgIpc) is 2.25. The second kappa shape index (κ2) is 4.07. The Bertz CT molecular complexity index is 388. The van der Waals surface area contributed by atoms with Gasteiger partial charge in [0.25, 0.3) is 0 Å². The van der Waals surface area contributed by atoms with Crippen LogP contribution in [0.4, 0.5) is 0 Å². The highest BCUT2D eigenvalue weighted by Gasteiger charge is 2.26. The van der Waals surface area contributed by atoms with E-state index in [0.717, 1.165) is 24.2 Å². The molecule has 0 saturated carbocycles. The van der Waals surface area contributed by atoms with E-state index in [2.05, 4.69) is 19.9 Å². The number of ether oxygens (including phenoxy) is 1. The molecular weight excluding hydrogens is 202 g/mol. The number of aryl methyl sites for hydroxylation is 1. The van der Waals surface area contributed by atoms with E-state index in [1.807, 2.05) is 12.1 Å². The monoisotopic (exact) mass is 221 g/mol. The highest BCUT2D eigenvalue weighted by Crippen LogP contribution is 2.34. The van der Waals surface area contributed by atoms with Crippen LogP contribution < -0.4 is 10.5 Å². The van der Waals surface area contributed by atoms with Gasteiger partial charge in [0.05, 0.1) is 12.6 Å². The normalized spacial score (nSPS) is 19.8. The molecule has 1 aliphatic rings. The highest BCUT2D eigenvalue weighted by atomic mass is 16.5. The van der Waals surface area contributed by atoms with E-state index < -0.39 is 0 Å². The van der Waals surface area contributed by atoms with Gasteiger partial charge in [0.2, 0.25) is 0 Å². The number of fused-ring (bicyclic) bond motifs is 1. The largest absolute Gasteiger partial charge is 0.488 e. The molecule has 88 valence electrons. The van der Waals surface area contributed by atoms with Gasteiger partial charge in [0.15, 0.2) is 0 Å². The molecule has 0 amide bonds. The van der Waals surface area contributed by atoms with Gasteiger partial charge < -0.3 is 15.6 Å². The first-order valence-electron chi connectivity index (χ1n) is 5.70. The maximum Gasteiger partial charge on any atom is 0.123 e. The summed E-state index contributed by atoms with van der Waals surface area (Å²) in [6.45, 7) is 4.14. The van der Waals surface area contributed by atoms with Gasteiger partial charge in [0, 0.05) is 0 Å². The standard InChI is InChI=1S/C13H19NO2/c1-13(2)6-5-9-3-4-10(11(14)8-15)7-12(9)16-13/h3-4,7,11,15H,5-6,8,14H2,1-2H3. The first kappa shape index (κ1) is 11.4. The van der Waals surface area contributed by atoms with Crippen LogP contribution in [0.15, 0.2) is 18.2 Å². The van der Waals surface area contributed by atoms with E-state index in [9.17, 15) is 0 Å². The van der Waals surface area contributed by atoms with E-state index in [4.69, 9.17) is 15.6 Å². The summed E-state index contributed by atoms with van der Waals surface area (Å²) in [6, 6.07) is 5.66. The smallest absolute Gasteiger partial charge is 0.123 e. The summed E-state index contributed by atoms with van der Waals surface area (Å²) in [5, 5.41) is 9.03. The van der Waals surface area contributed by atoms with Crippen LogP contribution in [0.25, 0.3) is 0 Å². The fraction of sp³-hybridized carbons (Fsp3) is 0.538. The zero-order valence-electron chi connectivity index (χ0n) is 9.86. The summed E-state index contributed by atoms with van der Waals surface area (Å²) in [4.78, 5) is 0. The third-order valence-electron chi connectivity index (χ3n) is 3.10. The maximum absolute atomic E-state index is 9.03. The van der Waals surface area contributed by atoms with Gasteiger partial charge in [-0.2, -0.15) is 0 Å². The van der Waals surface area contributed by atoms with E-state index in [1.165, 1.54) is 5.56 Å². The molecule has 0 bridgehead atoms. The number of hydrogen-bond acceptors (Lipinski definition) is 3. The van der Waals surface area contributed by atoms with Crippen LogP contribution in [0.1, 0.15) is 37.4 Å². The van der Waals surface area contributed by atoms with Crippen molar-refractivity contribution in [2.45, 2.75) is 38.3 Å². The number of aliphatic hydroxyl groups excluding tert-OH is 1. The predicted molar refractivity (Wildman–Crippen MR) is 63.5 cm³/mol. The Morgan fingerprint density at radius 2 is 2.25 bits per heavy atom. The van der Waals surface area contributed by atoms with E-state index >= 15 is 0 Å². The predicted octanol–water partition coefficient (Wildman–Crippen LogP) is 1.78. The Kier molecular flexibility index (Phi) is 2.91. The van der Waals surface area contributed by atoms with Crippen molar-refractivity contribution >= 4 is 0 Å². The molecule has 0 spiro atoms. The van der Waals surface area contributed by atoms with Gasteiger partial charge in [-0.1, -0.05) is 12.1 Å². The highest BCUT2D eigenvalue weighted by molar-refractivity contribution is 5.40.